The third kappa shape index (κ3) is 5.90. The molecule has 1 amide bonds. The molecule has 7 heteroatoms. The number of amides is 1. The minimum atomic E-state index is -0.255. The summed E-state index contributed by atoms with van der Waals surface area (Å²) in [6, 6.07) is 8.16. The molecule has 6 nitrogen and oxygen atoms in total. The summed E-state index contributed by atoms with van der Waals surface area (Å²) >= 11 is 0. The van der Waals surface area contributed by atoms with Gasteiger partial charge in [-0.05, 0) is 37.0 Å². The number of anilines is 1. The van der Waals surface area contributed by atoms with Crippen LogP contribution in [0.3, 0.4) is 0 Å². The fourth-order valence-electron chi connectivity index (χ4n) is 3.81. The van der Waals surface area contributed by atoms with Gasteiger partial charge in [0.05, 0.1) is 7.11 Å². The molecule has 1 aliphatic rings. The number of rotatable bonds is 9. The average molecular weight is 415 g/mol. The van der Waals surface area contributed by atoms with Crippen molar-refractivity contribution in [3.63, 3.8) is 0 Å². The maximum atomic E-state index is 13.3. The number of methoxy groups -OCH3 is 1. The van der Waals surface area contributed by atoms with Crippen LogP contribution in [0.4, 0.5) is 10.3 Å². The summed E-state index contributed by atoms with van der Waals surface area (Å²) in [6.07, 6.45) is 6.42. The molecule has 3 rings (SSSR count). The number of nitrogens with zero attached hydrogens (tertiary/aromatic N) is 4. The molecule has 1 fully saturated rings. The molecule has 1 aliphatic heterocycles. The normalized spacial score (nSPS) is 14.6. The number of carbonyl (C=O) groups is 1. The molecule has 162 valence electrons. The number of halogens is 1. The first kappa shape index (κ1) is 22.0. The van der Waals surface area contributed by atoms with Crippen molar-refractivity contribution >= 4 is 11.9 Å². The fraction of sp³-hybridized carbons (Fsp3) is 0.522. The third-order valence-corrected chi connectivity index (χ3v) is 5.58. The summed E-state index contributed by atoms with van der Waals surface area (Å²) in [5, 5.41) is 0. The molecule has 0 saturated carbocycles. The SMILES string of the molecule is CCCCCN(Cc1ccc(F)cc1)C(=O)C1CCN(c2nccc(OC)n2)CC1. The number of piperidine rings is 1. The number of aromatic nitrogens is 2. The molecule has 1 aromatic carbocycles. The minimum Gasteiger partial charge on any atom is -0.481 e. The Morgan fingerprint density at radius 1 is 1.20 bits per heavy atom. The van der Waals surface area contributed by atoms with Crippen molar-refractivity contribution in [2.45, 2.75) is 45.6 Å². The number of carbonyl (C=O) groups excluding carboxylic acids is 1. The van der Waals surface area contributed by atoms with Gasteiger partial charge in [-0.2, -0.15) is 4.98 Å². The van der Waals surface area contributed by atoms with Gasteiger partial charge in [0, 0.05) is 44.4 Å². The van der Waals surface area contributed by atoms with Gasteiger partial charge in [-0.15, -0.1) is 0 Å². The van der Waals surface area contributed by atoms with Crippen molar-refractivity contribution in [1.29, 1.82) is 0 Å². The first-order chi connectivity index (χ1) is 14.6. The van der Waals surface area contributed by atoms with E-state index in [0.29, 0.717) is 18.4 Å². The lowest BCUT2D eigenvalue weighted by molar-refractivity contribution is -0.137. The summed E-state index contributed by atoms with van der Waals surface area (Å²) in [5.41, 5.74) is 0.962. The largest absolute Gasteiger partial charge is 0.481 e. The summed E-state index contributed by atoms with van der Waals surface area (Å²) in [4.78, 5) is 26.1. The molecule has 0 atom stereocenters. The average Bonchev–Trinajstić information content (AvgIpc) is 2.79. The van der Waals surface area contributed by atoms with Crippen LogP contribution in [-0.4, -0.2) is 47.5 Å². The lowest BCUT2D eigenvalue weighted by atomic mass is 9.95. The van der Waals surface area contributed by atoms with E-state index in [9.17, 15) is 9.18 Å². The molecule has 30 heavy (non-hydrogen) atoms. The molecule has 1 aromatic heterocycles. The first-order valence-corrected chi connectivity index (χ1v) is 10.8. The second kappa shape index (κ2) is 10.9. The zero-order chi connectivity index (χ0) is 21.3. The zero-order valence-electron chi connectivity index (χ0n) is 17.9. The second-order valence-electron chi connectivity index (χ2n) is 7.75. The van der Waals surface area contributed by atoms with Gasteiger partial charge in [0.2, 0.25) is 17.7 Å². The van der Waals surface area contributed by atoms with Crippen LogP contribution in [0.25, 0.3) is 0 Å². The molecule has 0 N–H and O–H groups in total. The highest BCUT2D eigenvalue weighted by Gasteiger charge is 2.29. The van der Waals surface area contributed by atoms with Crippen molar-refractivity contribution in [2.24, 2.45) is 5.92 Å². The molecule has 0 aliphatic carbocycles. The summed E-state index contributed by atoms with van der Waals surface area (Å²) in [6.45, 7) is 4.90. The highest BCUT2D eigenvalue weighted by molar-refractivity contribution is 5.79. The summed E-state index contributed by atoms with van der Waals surface area (Å²) < 4.78 is 18.4. The topological polar surface area (TPSA) is 58.6 Å². The number of hydrogen-bond donors (Lipinski definition) is 0. The highest BCUT2D eigenvalue weighted by atomic mass is 19.1. The van der Waals surface area contributed by atoms with E-state index in [-0.39, 0.29) is 17.6 Å². The molecule has 0 bridgehead atoms. The summed E-state index contributed by atoms with van der Waals surface area (Å²) in [5.74, 6) is 1.12. The van der Waals surface area contributed by atoms with Gasteiger partial charge in [-0.1, -0.05) is 31.9 Å². The number of hydrogen-bond acceptors (Lipinski definition) is 5. The van der Waals surface area contributed by atoms with Gasteiger partial charge in [0.1, 0.15) is 5.82 Å². The maximum absolute atomic E-state index is 13.3. The van der Waals surface area contributed by atoms with Gasteiger partial charge in [0.25, 0.3) is 0 Å². The van der Waals surface area contributed by atoms with E-state index in [1.165, 1.54) is 12.1 Å². The van der Waals surface area contributed by atoms with Crippen molar-refractivity contribution in [1.82, 2.24) is 14.9 Å². The van der Waals surface area contributed by atoms with E-state index in [1.807, 2.05) is 4.90 Å². The minimum absolute atomic E-state index is 0.00562. The third-order valence-electron chi connectivity index (χ3n) is 5.58. The predicted octanol–water partition coefficient (Wildman–Crippen LogP) is 4.06. The zero-order valence-corrected chi connectivity index (χ0v) is 17.9. The fourth-order valence-corrected chi connectivity index (χ4v) is 3.81. The van der Waals surface area contributed by atoms with Gasteiger partial charge in [0.15, 0.2) is 0 Å². The van der Waals surface area contributed by atoms with Gasteiger partial charge < -0.3 is 14.5 Å². The van der Waals surface area contributed by atoms with Crippen LogP contribution in [0.5, 0.6) is 5.88 Å². The highest BCUT2D eigenvalue weighted by Crippen LogP contribution is 2.24. The molecular weight excluding hydrogens is 383 g/mol. The molecule has 1 saturated heterocycles. The van der Waals surface area contributed by atoms with Crippen LogP contribution in [0.1, 0.15) is 44.6 Å². The van der Waals surface area contributed by atoms with E-state index < -0.39 is 0 Å². The van der Waals surface area contributed by atoms with E-state index >= 15 is 0 Å². The molecule has 0 radical (unpaired) electrons. The Hall–Kier alpha value is -2.70. The van der Waals surface area contributed by atoms with Crippen LogP contribution in [0.2, 0.25) is 0 Å². The first-order valence-electron chi connectivity index (χ1n) is 10.8. The van der Waals surface area contributed by atoms with Crippen molar-refractivity contribution in [3.05, 3.63) is 47.9 Å². The molecular formula is C23H31FN4O2. The second-order valence-corrected chi connectivity index (χ2v) is 7.75. The van der Waals surface area contributed by atoms with Crippen molar-refractivity contribution in [2.75, 3.05) is 31.6 Å². The van der Waals surface area contributed by atoms with Gasteiger partial charge in [-0.3, -0.25) is 4.79 Å². The smallest absolute Gasteiger partial charge is 0.228 e. The molecule has 0 spiro atoms. The maximum Gasteiger partial charge on any atom is 0.228 e. The van der Waals surface area contributed by atoms with Crippen LogP contribution < -0.4 is 9.64 Å². The van der Waals surface area contributed by atoms with Crippen molar-refractivity contribution in [3.8, 4) is 5.88 Å². The Balaban J connectivity index is 1.61. The number of benzene rings is 1. The molecule has 0 unspecified atom stereocenters. The van der Waals surface area contributed by atoms with Gasteiger partial charge in [-0.25, -0.2) is 9.37 Å². The van der Waals surface area contributed by atoms with E-state index in [4.69, 9.17) is 4.74 Å². The Bertz CT molecular complexity index is 807. The van der Waals surface area contributed by atoms with Crippen LogP contribution in [-0.2, 0) is 11.3 Å². The Labute approximate surface area is 178 Å². The van der Waals surface area contributed by atoms with Crippen LogP contribution in [0, 0.1) is 11.7 Å². The van der Waals surface area contributed by atoms with Crippen molar-refractivity contribution < 1.29 is 13.9 Å². The standard InChI is InChI=1S/C23H31FN4O2/c1-3-4-5-14-28(17-18-6-8-20(24)9-7-18)22(29)19-11-15-27(16-12-19)23-25-13-10-21(26-23)30-2/h6-10,13,19H,3-5,11-12,14-17H2,1-2H3. The molecule has 2 aromatic rings. The van der Waals surface area contributed by atoms with E-state index in [1.54, 1.807) is 31.5 Å². The lowest BCUT2D eigenvalue weighted by Crippen LogP contribution is -2.43. The Kier molecular flexibility index (Phi) is 7.99. The van der Waals surface area contributed by atoms with E-state index in [0.717, 1.165) is 57.3 Å². The molecule has 2 heterocycles. The van der Waals surface area contributed by atoms with Gasteiger partial charge >= 0.3 is 0 Å². The summed E-state index contributed by atoms with van der Waals surface area (Å²) in [7, 11) is 1.59. The lowest BCUT2D eigenvalue weighted by Gasteiger charge is -2.34. The van der Waals surface area contributed by atoms with Crippen LogP contribution >= 0.6 is 0 Å². The monoisotopic (exact) mass is 414 g/mol. The Morgan fingerprint density at radius 2 is 1.93 bits per heavy atom. The van der Waals surface area contributed by atoms with E-state index in [2.05, 4.69) is 21.8 Å². The quantitative estimate of drug-likeness (QED) is 0.579. The number of ether oxygens (including phenoxy) is 1. The number of unbranched alkanes of at least 4 members (excludes halogenated alkanes) is 2. The van der Waals surface area contributed by atoms with Crippen LogP contribution in [0.15, 0.2) is 36.5 Å². The Morgan fingerprint density at radius 3 is 2.60 bits per heavy atom. The predicted molar refractivity (Wildman–Crippen MR) is 115 cm³/mol.